The number of furan rings is 1. The fourth-order valence-electron chi connectivity index (χ4n) is 2.71. The summed E-state index contributed by atoms with van der Waals surface area (Å²) in [6.07, 6.45) is -0.852. The van der Waals surface area contributed by atoms with Crippen molar-refractivity contribution in [3.63, 3.8) is 0 Å². The molecule has 0 radical (unpaired) electrons. The van der Waals surface area contributed by atoms with E-state index in [0.29, 0.717) is 11.3 Å². The molecule has 0 unspecified atom stereocenters. The van der Waals surface area contributed by atoms with Crippen molar-refractivity contribution in [1.29, 1.82) is 5.26 Å². The maximum absolute atomic E-state index is 12.8. The Morgan fingerprint density at radius 1 is 1.15 bits per heavy atom. The van der Waals surface area contributed by atoms with Crippen LogP contribution >= 0.6 is 0 Å². The summed E-state index contributed by atoms with van der Waals surface area (Å²) in [7, 11) is 0. The Hall–Kier alpha value is -3.59. The van der Waals surface area contributed by atoms with Crippen LogP contribution in [0.15, 0.2) is 65.1 Å². The van der Waals surface area contributed by atoms with Crippen molar-refractivity contribution in [1.82, 2.24) is 0 Å². The zero-order valence-electron chi connectivity index (χ0n) is 14.8. The summed E-state index contributed by atoms with van der Waals surface area (Å²) in [6.45, 7) is 1.72. The van der Waals surface area contributed by atoms with E-state index >= 15 is 0 Å². The van der Waals surface area contributed by atoms with Crippen LogP contribution in [0.3, 0.4) is 0 Å². The minimum atomic E-state index is -1.02. The van der Waals surface area contributed by atoms with Crippen LogP contribution < -0.4 is 4.90 Å². The summed E-state index contributed by atoms with van der Waals surface area (Å²) in [4.78, 5) is 26.6. The van der Waals surface area contributed by atoms with Gasteiger partial charge >= 0.3 is 5.97 Å². The summed E-state index contributed by atoms with van der Waals surface area (Å²) in [5.41, 5.74) is 1.22. The highest BCUT2D eigenvalue weighted by Crippen LogP contribution is 2.21. The minimum absolute atomic E-state index is 0.0409. The van der Waals surface area contributed by atoms with Crippen molar-refractivity contribution in [2.75, 3.05) is 11.4 Å². The molecule has 1 aromatic heterocycles. The number of hydrogen-bond acceptors (Lipinski definition) is 5. The van der Waals surface area contributed by atoms with Crippen molar-refractivity contribution in [3.05, 3.63) is 66.4 Å². The maximum atomic E-state index is 12.8. The van der Waals surface area contributed by atoms with Gasteiger partial charge in [0.15, 0.2) is 6.10 Å². The van der Waals surface area contributed by atoms with Crippen LogP contribution in [0, 0.1) is 11.3 Å². The van der Waals surface area contributed by atoms with Crippen LogP contribution in [0.5, 0.6) is 0 Å². The Morgan fingerprint density at radius 2 is 1.85 bits per heavy atom. The number of hydrogen-bond donors (Lipinski definition) is 0. The van der Waals surface area contributed by atoms with Gasteiger partial charge in [-0.15, -0.1) is 0 Å². The number of anilines is 1. The van der Waals surface area contributed by atoms with E-state index in [1.165, 1.54) is 11.8 Å². The van der Waals surface area contributed by atoms with Gasteiger partial charge in [0.1, 0.15) is 5.58 Å². The van der Waals surface area contributed by atoms with E-state index in [1.54, 1.807) is 42.5 Å². The number of ether oxygens (including phenoxy) is 1. The number of carbonyl (C=O) groups excluding carboxylic acids is 2. The molecule has 0 saturated heterocycles. The SMILES string of the molecule is C[C@H](OC(=O)c1cc2ccccc2o1)C(=O)N(CCC#N)c1ccccc1. The molecular formula is C21H18N2O4. The number of fused-ring (bicyclic) bond motifs is 1. The molecule has 6 heteroatoms. The summed E-state index contributed by atoms with van der Waals surface area (Å²) in [5, 5.41) is 9.64. The lowest BCUT2D eigenvalue weighted by atomic mass is 10.2. The number of para-hydroxylation sites is 2. The first kappa shape index (κ1) is 18.2. The zero-order valence-corrected chi connectivity index (χ0v) is 14.8. The van der Waals surface area contributed by atoms with E-state index in [2.05, 4.69) is 0 Å². The number of carbonyl (C=O) groups is 2. The maximum Gasteiger partial charge on any atom is 0.375 e. The average Bonchev–Trinajstić information content (AvgIpc) is 3.13. The summed E-state index contributed by atoms with van der Waals surface area (Å²) >= 11 is 0. The standard InChI is InChI=1S/C21H18N2O4/c1-15(20(24)23(13-7-12-22)17-9-3-2-4-10-17)26-21(25)19-14-16-8-5-6-11-18(16)27-19/h2-6,8-11,14-15H,7,13H2,1H3/t15-/m0/s1. The lowest BCUT2D eigenvalue weighted by Gasteiger charge is -2.24. The predicted octanol–water partition coefficient (Wildman–Crippen LogP) is 3.92. The third-order valence-electron chi connectivity index (χ3n) is 4.04. The van der Waals surface area contributed by atoms with Crippen LogP contribution in [-0.4, -0.2) is 24.5 Å². The molecule has 27 heavy (non-hydrogen) atoms. The Kier molecular flexibility index (Phi) is 5.53. The minimum Gasteiger partial charge on any atom is -0.449 e. The second kappa shape index (κ2) is 8.19. The highest BCUT2D eigenvalue weighted by Gasteiger charge is 2.26. The summed E-state index contributed by atoms with van der Waals surface area (Å²) in [5.74, 6) is -1.07. The van der Waals surface area contributed by atoms with Gasteiger partial charge in [-0.2, -0.15) is 5.26 Å². The highest BCUT2D eigenvalue weighted by molar-refractivity contribution is 5.99. The van der Waals surface area contributed by atoms with Gasteiger partial charge in [-0.05, 0) is 31.2 Å². The number of nitrogens with zero attached hydrogens (tertiary/aromatic N) is 2. The third-order valence-corrected chi connectivity index (χ3v) is 4.04. The molecule has 0 spiro atoms. The first-order chi connectivity index (χ1) is 13.1. The normalized spacial score (nSPS) is 11.6. The number of benzene rings is 2. The topological polar surface area (TPSA) is 83.5 Å². The molecule has 0 fully saturated rings. The number of amides is 1. The Balaban J connectivity index is 1.74. The van der Waals surface area contributed by atoms with Crippen molar-refractivity contribution >= 4 is 28.5 Å². The number of esters is 1. The van der Waals surface area contributed by atoms with Crippen molar-refractivity contribution in [3.8, 4) is 6.07 Å². The Labute approximate surface area is 156 Å². The molecule has 0 saturated carbocycles. The molecule has 136 valence electrons. The average molecular weight is 362 g/mol. The molecule has 0 bridgehead atoms. The van der Waals surface area contributed by atoms with Gasteiger partial charge in [-0.1, -0.05) is 36.4 Å². The summed E-state index contributed by atoms with van der Waals surface area (Å²) < 4.78 is 10.8. The van der Waals surface area contributed by atoms with E-state index in [9.17, 15) is 9.59 Å². The van der Waals surface area contributed by atoms with Gasteiger partial charge in [-0.3, -0.25) is 4.79 Å². The van der Waals surface area contributed by atoms with Crippen LogP contribution in [0.4, 0.5) is 5.69 Å². The molecular weight excluding hydrogens is 344 g/mol. The van der Waals surface area contributed by atoms with Gasteiger partial charge in [0.2, 0.25) is 5.76 Å². The molecule has 6 nitrogen and oxygen atoms in total. The van der Waals surface area contributed by atoms with Gasteiger partial charge in [-0.25, -0.2) is 4.79 Å². The smallest absolute Gasteiger partial charge is 0.375 e. The lowest BCUT2D eigenvalue weighted by Crippen LogP contribution is -2.40. The van der Waals surface area contributed by atoms with E-state index in [1.807, 2.05) is 24.3 Å². The second-order valence-electron chi connectivity index (χ2n) is 5.93. The van der Waals surface area contributed by atoms with Gasteiger partial charge in [0, 0.05) is 17.6 Å². The third kappa shape index (κ3) is 4.15. The van der Waals surface area contributed by atoms with Gasteiger partial charge in [0.25, 0.3) is 5.91 Å². The first-order valence-electron chi connectivity index (χ1n) is 8.53. The molecule has 0 N–H and O–H groups in total. The molecule has 0 aliphatic carbocycles. The first-order valence-corrected chi connectivity index (χ1v) is 8.53. The number of rotatable bonds is 6. The van der Waals surface area contributed by atoms with Crippen LogP contribution in [0.1, 0.15) is 23.9 Å². The fraction of sp³-hybridized carbons (Fsp3) is 0.190. The monoisotopic (exact) mass is 362 g/mol. The predicted molar refractivity (Wildman–Crippen MR) is 100 cm³/mol. The van der Waals surface area contributed by atoms with Crippen LogP contribution in [0.2, 0.25) is 0 Å². The quantitative estimate of drug-likeness (QED) is 0.621. The number of nitriles is 1. The van der Waals surface area contributed by atoms with Gasteiger partial charge in [0.05, 0.1) is 12.5 Å². The zero-order chi connectivity index (χ0) is 19.2. The van der Waals surface area contributed by atoms with Gasteiger partial charge < -0.3 is 14.1 Å². The fourth-order valence-corrected chi connectivity index (χ4v) is 2.71. The molecule has 1 amide bonds. The molecule has 1 heterocycles. The highest BCUT2D eigenvalue weighted by atomic mass is 16.6. The molecule has 3 rings (SSSR count). The molecule has 0 aliphatic rings. The van der Waals surface area contributed by atoms with Crippen LogP contribution in [-0.2, 0) is 9.53 Å². The van der Waals surface area contributed by atoms with Crippen LogP contribution in [0.25, 0.3) is 11.0 Å². The van der Waals surface area contributed by atoms with E-state index < -0.39 is 18.0 Å². The molecule has 0 aliphatic heterocycles. The largest absolute Gasteiger partial charge is 0.449 e. The molecule has 3 aromatic rings. The lowest BCUT2D eigenvalue weighted by molar-refractivity contribution is -0.126. The Morgan fingerprint density at radius 3 is 2.56 bits per heavy atom. The van der Waals surface area contributed by atoms with E-state index in [4.69, 9.17) is 14.4 Å². The molecule has 2 aromatic carbocycles. The van der Waals surface area contributed by atoms with Crippen molar-refractivity contribution in [2.24, 2.45) is 0 Å². The summed E-state index contributed by atoms with van der Waals surface area (Å²) in [6, 6.07) is 19.8. The van der Waals surface area contributed by atoms with Crippen molar-refractivity contribution < 1.29 is 18.7 Å². The second-order valence-corrected chi connectivity index (χ2v) is 5.93. The molecule has 1 atom stereocenters. The Bertz CT molecular complexity index is 955. The van der Waals surface area contributed by atoms with E-state index in [-0.39, 0.29) is 18.7 Å². The van der Waals surface area contributed by atoms with Crippen molar-refractivity contribution in [2.45, 2.75) is 19.4 Å². The van der Waals surface area contributed by atoms with E-state index in [0.717, 1.165) is 5.39 Å².